The molecule has 0 spiro atoms. The lowest BCUT2D eigenvalue weighted by atomic mass is 9.89. The minimum atomic E-state index is -0.878. The molecule has 0 aliphatic carbocycles. The molecule has 37 heavy (non-hydrogen) atoms. The Bertz CT molecular complexity index is 1180. The number of aliphatic carboxylic acids is 1. The maximum Gasteiger partial charge on any atom is 0.326 e. The fraction of sp³-hybridized carbons (Fsp3) is 0.517. The van der Waals surface area contributed by atoms with Gasteiger partial charge < -0.3 is 20.6 Å². The lowest BCUT2D eigenvalue weighted by Gasteiger charge is -2.33. The molecule has 8 heteroatoms. The Balaban J connectivity index is 1.29. The first-order valence-corrected chi connectivity index (χ1v) is 13.4. The van der Waals surface area contributed by atoms with E-state index < -0.39 is 12.0 Å². The van der Waals surface area contributed by atoms with Crippen LogP contribution in [0.15, 0.2) is 24.3 Å². The van der Waals surface area contributed by atoms with Gasteiger partial charge in [-0.05, 0) is 92.7 Å². The maximum absolute atomic E-state index is 12.9. The monoisotopic (exact) mass is 503 g/mol. The van der Waals surface area contributed by atoms with Crippen LogP contribution in [0.1, 0.15) is 67.0 Å². The van der Waals surface area contributed by atoms with Gasteiger partial charge in [-0.2, -0.15) is 5.26 Å². The second-order valence-electron chi connectivity index (χ2n) is 10.2. The Labute approximate surface area is 219 Å². The van der Waals surface area contributed by atoms with E-state index in [4.69, 9.17) is 4.98 Å². The lowest BCUT2D eigenvalue weighted by molar-refractivity contribution is -0.139. The van der Waals surface area contributed by atoms with Crippen LogP contribution in [-0.2, 0) is 28.9 Å². The largest absolute Gasteiger partial charge is 0.480 e. The molecular formula is C29H37N5O3. The van der Waals surface area contributed by atoms with Crippen LogP contribution in [0.4, 0.5) is 11.5 Å². The number of hydrogen-bond acceptors (Lipinski definition) is 6. The summed E-state index contributed by atoms with van der Waals surface area (Å²) in [6.07, 6.45) is 6.05. The zero-order chi connectivity index (χ0) is 26.4. The minimum absolute atomic E-state index is 0.139. The normalized spacial score (nSPS) is 16.3. The van der Waals surface area contributed by atoms with E-state index in [0.717, 1.165) is 60.6 Å². The molecule has 1 atom stereocenters. The number of amides is 1. The SMILES string of the molecule is CCc1cc(C#N)cc(C)c1NC(CC1CCN(C(=O)CCc2ccc3c(n2)NCCC3)CC1)C(=O)O. The number of aryl methyl sites for hydroxylation is 4. The number of aromatic nitrogens is 1. The Morgan fingerprint density at radius 1 is 1.30 bits per heavy atom. The van der Waals surface area contributed by atoms with E-state index in [9.17, 15) is 20.0 Å². The number of rotatable bonds is 9. The van der Waals surface area contributed by atoms with Crippen molar-refractivity contribution in [2.24, 2.45) is 5.92 Å². The average molecular weight is 504 g/mol. The molecule has 1 amide bonds. The molecule has 0 saturated carbocycles. The Morgan fingerprint density at radius 3 is 2.78 bits per heavy atom. The fourth-order valence-electron chi connectivity index (χ4n) is 5.46. The summed E-state index contributed by atoms with van der Waals surface area (Å²) < 4.78 is 0. The van der Waals surface area contributed by atoms with E-state index >= 15 is 0 Å². The molecule has 1 fully saturated rings. The molecule has 1 unspecified atom stereocenters. The van der Waals surface area contributed by atoms with Crippen LogP contribution < -0.4 is 10.6 Å². The van der Waals surface area contributed by atoms with Gasteiger partial charge in [0.15, 0.2) is 0 Å². The van der Waals surface area contributed by atoms with Crippen LogP contribution in [0.5, 0.6) is 0 Å². The Hall–Kier alpha value is -3.60. The van der Waals surface area contributed by atoms with Crippen molar-refractivity contribution in [3.8, 4) is 6.07 Å². The van der Waals surface area contributed by atoms with Crippen molar-refractivity contribution >= 4 is 23.4 Å². The molecule has 3 heterocycles. The number of benzene rings is 1. The fourth-order valence-corrected chi connectivity index (χ4v) is 5.46. The molecule has 4 rings (SSSR count). The van der Waals surface area contributed by atoms with Crippen LogP contribution in [0, 0.1) is 24.2 Å². The summed E-state index contributed by atoms with van der Waals surface area (Å²) >= 11 is 0. The van der Waals surface area contributed by atoms with Gasteiger partial charge in [0.1, 0.15) is 11.9 Å². The third kappa shape index (κ3) is 6.59. The molecule has 1 aromatic heterocycles. The molecule has 8 nitrogen and oxygen atoms in total. The van der Waals surface area contributed by atoms with Gasteiger partial charge in [-0.3, -0.25) is 4.79 Å². The van der Waals surface area contributed by atoms with Gasteiger partial charge in [0.2, 0.25) is 5.91 Å². The smallest absolute Gasteiger partial charge is 0.326 e. The molecule has 0 bridgehead atoms. The van der Waals surface area contributed by atoms with Gasteiger partial charge in [-0.1, -0.05) is 13.0 Å². The van der Waals surface area contributed by atoms with Gasteiger partial charge >= 0.3 is 5.97 Å². The summed E-state index contributed by atoms with van der Waals surface area (Å²) in [4.78, 5) is 31.6. The molecule has 1 aromatic carbocycles. The van der Waals surface area contributed by atoms with Crippen molar-refractivity contribution in [1.82, 2.24) is 9.88 Å². The number of fused-ring (bicyclic) bond motifs is 1. The maximum atomic E-state index is 12.9. The molecule has 2 aromatic rings. The van der Waals surface area contributed by atoms with E-state index in [-0.39, 0.29) is 11.8 Å². The first-order chi connectivity index (χ1) is 17.9. The lowest BCUT2D eigenvalue weighted by Crippen LogP contribution is -2.41. The Morgan fingerprint density at radius 2 is 2.08 bits per heavy atom. The number of piperidine rings is 1. The quantitative estimate of drug-likeness (QED) is 0.467. The highest BCUT2D eigenvalue weighted by Crippen LogP contribution is 2.28. The minimum Gasteiger partial charge on any atom is -0.480 e. The summed E-state index contributed by atoms with van der Waals surface area (Å²) in [6.45, 7) is 6.17. The zero-order valence-corrected chi connectivity index (χ0v) is 21.8. The number of nitriles is 1. The van der Waals surface area contributed by atoms with Crippen molar-refractivity contribution < 1.29 is 14.7 Å². The van der Waals surface area contributed by atoms with E-state index in [2.05, 4.69) is 22.8 Å². The number of nitrogens with zero attached hydrogens (tertiary/aromatic N) is 3. The van der Waals surface area contributed by atoms with Gasteiger partial charge in [0, 0.05) is 37.4 Å². The predicted octanol–water partition coefficient (Wildman–Crippen LogP) is 4.31. The topological polar surface area (TPSA) is 118 Å². The highest BCUT2D eigenvalue weighted by Gasteiger charge is 2.28. The third-order valence-electron chi connectivity index (χ3n) is 7.63. The number of carboxylic acid groups (broad SMARTS) is 1. The highest BCUT2D eigenvalue weighted by atomic mass is 16.4. The number of hydrogen-bond donors (Lipinski definition) is 3. The molecule has 2 aliphatic rings. The van der Waals surface area contributed by atoms with Crippen molar-refractivity contribution in [2.45, 2.75) is 71.3 Å². The highest BCUT2D eigenvalue weighted by molar-refractivity contribution is 5.79. The van der Waals surface area contributed by atoms with E-state index in [0.29, 0.717) is 44.3 Å². The summed E-state index contributed by atoms with van der Waals surface area (Å²) in [5, 5.41) is 25.8. The molecule has 196 valence electrons. The van der Waals surface area contributed by atoms with Crippen LogP contribution in [-0.4, -0.2) is 52.5 Å². The molecule has 0 radical (unpaired) electrons. The number of likely N-dealkylation sites (tertiary alicyclic amines) is 1. The van der Waals surface area contributed by atoms with Crippen molar-refractivity contribution in [3.05, 3.63) is 52.2 Å². The number of carbonyl (C=O) groups is 2. The van der Waals surface area contributed by atoms with Crippen molar-refractivity contribution in [2.75, 3.05) is 30.3 Å². The van der Waals surface area contributed by atoms with Gasteiger partial charge in [0.25, 0.3) is 0 Å². The van der Waals surface area contributed by atoms with Crippen molar-refractivity contribution in [3.63, 3.8) is 0 Å². The molecule has 2 aliphatic heterocycles. The summed E-state index contributed by atoms with van der Waals surface area (Å²) in [6, 6.07) is 9.23. The van der Waals surface area contributed by atoms with E-state index in [1.807, 2.05) is 30.9 Å². The number of carbonyl (C=O) groups excluding carboxylic acids is 1. The first kappa shape index (κ1) is 26.5. The number of nitrogens with one attached hydrogen (secondary N) is 2. The number of anilines is 2. The zero-order valence-electron chi connectivity index (χ0n) is 21.8. The van der Waals surface area contributed by atoms with Gasteiger partial charge in [-0.25, -0.2) is 9.78 Å². The van der Waals surface area contributed by atoms with Crippen LogP contribution in [0.2, 0.25) is 0 Å². The number of carboxylic acids is 1. The molecule has 3 N–H and O–H groups in total. The van der Waals surface area contributed by atoms with Crippen LogP contribution in [0.25, 0.3) is 0 Å². The standard InChI is InChI=1S/C29H37N5O3/c1-3-22-16-21(18-30)15-19(2)27(22)33-25(29(36)37)17-20-10-13-34(14-11-20)26(35)9-8-24-7-6-23-5-4-12-31-28(23)32-24/h6-7,15-16,20,25,33H,3-5,8-14,17H2,1-2H3,(H,31,32)(H,36,37). The van der Waals surface area contributed by atoms with E-state index in [1.54, 1.807) is 6.07 Å². The van der Waals surface area contributed by atoms with Crippen LogP contribution >= 0.6 is 0 Å². The molecule has 1 saturated heterocycles. The summed E-state index contributed by atoms with van der Waals surface area (Å²) in [7, 11) is 0. The van der Waals surface area contributed by atoms with Gasteiger partial charge in [0.05, 0.1) is 11.6 Å². The van der Waals surface area contributed by atoms with Crippen molar-refractivity contribution in [1.29, 1.82) is 5.26 Å². The Kier molecular flexibility index (Phi) is 8.65. The summed E-state index contributed by atoms with van der Waals surface area (Å²) in [5.41, 5.74) is 5.42. The predicted molar refractivity (Wildman–Crippen MR) is 144 cm³/mol. The second-order valence-corrected chi connectivity index (χ2v) is 10.2. The third-order valence-corrected chi connectivity index (χ3v) is 7.63. The second kappa shape index (κ2) is 12.1. The van der Waals surface area contributed by atoms with Crippen LogP contribution in [0.3, 0.4) is 0 Å². The average Bonchev–Trinajstić information content (AvgIpc) is 2.92. The first-order valence-electron chi connectivity index (χ1n) is 13.4. The molecular weight excluding hydrogens is 466 g/mol. The van der Waals surface area contributed by atoms with E-state index in [1.165, 1.54) is 5.56 Å². The summed E-state index contributed by atoms with van der Waals surface area (Å²) in [5.74, 6) is 0.451. The number of pyridine rings is 1. The van der Waals surface area contributed by atoms with Gasteiger partial charge in [-0.15, -0.1) is 0 Å².